The molecule has 0 heterocycles. The van der Waals surface area contributed by atoms with Crippen molar-refractivity contribution in [3.63, 3.8) is 0 Å². The SMILES string of the molecule is O=C(CNCc1cc(F)ccc1Br)Nc1ccc(F)cc1. The monoisotopic (exact) mass is 354 g/mol. The van der Waals surface area contributed by atoms with Crippen molar-refractivity contribution in [1.29, 1.82) is 0 Å². The topological polar surface area (TPSA) is 41.1 Å². The van der Waals surface area contributed by atoms with Crippen LogP contribution < -0.4 is 10.6 Å². The molecule has 0 saturated carbocycles. The molecule has 110 valence electrons. The summed E-state index contributed by atoms with van der Waals surface area (Å²) in [4.78, 5) is 11.7. The number of halogens is 3. The number of carbonyl (C=O) groups excluding carboxylic acids is 1. The molecule has 1 amide bonds. The zero-order valence-electron chi connectivity index (χ0n) is 11.0. The van der Waals surface area contributed by atoms with Gasteiger partial charge in [-0.15, -0.1) is 0 Å². The van der Waals surface area contributed by atoms with Crippen LogP contribution in [0, 0.1) is 11.6 Å². The van der Waals surface area contributed by atoms with Crippen molar-refractivity contribution in [1.82, 2.24) is 5.32 Å². The zero-order valence-corrected chi connectivity index (χ0v) is 12.6. The molecular formula is C15H13BrF2N2O. The van der Waals surface area contributed by atoms with Crippen molar-refractivity contribution >= 4 is 27.5 Å². The first-order valence-electron chi connectivity index (χ1n) is 6.24. The van der Waals surface area contributed by atoms with Crippen molar-refractivity contribution in [3.8, 4) is 0 Å². The second kappa shape index (κ2) is 7.28. The fourth-order valence-corrected chi connectivity index (χ4v) is 2.11. The van der Waals surface area contributed by atoms with E-state index in [4.69, 9.17) is 0 Å². The van der Waals surface area contributed by atoms with Crippen LogP contribution in [0.4, 0.5) is 14.5 Å². The van der Waals surface area contributed by atoms with Gasteiger partial charge >= 0.3 is 0 Å². The van der Waals surface area contributed by atoms with E-state index in [2.05, 4.69) is 26.6 Å². The summed E-state index contributed by atoms with van der Waals surface area (Å²) in [6.07, 6.45) is 0. The molecule has 0 aromatic heterocycles. The predicted octanol–water partition coefficient (Wildman–Crippen LogP) is 3.46. The third-order valence-electron chi connectivity index (χ3n) is 2.74. The average Bonchev–Trinajstić information content (AvgIpc) is 2.45. The first kappa shape index (κ1) is 15.6. The molecule has 21 heavy (non-hydrogen) atoms. The Balaban J connectivity index is 1.81. The normalized spacial score (nSPS) is 10.4. The maximum atomic E-state index is 13.1. The van der Waals surface area contributed by atoms with E-state index in [0.717, 1.165) is 10.0 Å². The van der Waals surface area contributed by atoms with Gasteiger partial charge in [-0.05, 0) is 48.0 Å². The molecule has 2 aromatic carbocycles. The van der Waals surface area contributed by atoms with Gasteiger partial charge in [-0.25, -0.2) is 8.78 Å². The number of amides is 1. The van der Waals surface area contributed by atoms with Gasteiger partial charge in [-0.1, -0.05) is 15.9 Å². The number of carbonyl (C=O) groups is 1. The van der Waals surface area contributed by atoms with Crippen LogP contribution in [0.2, 0.25) is 0 Å². The van der Waals surface area contributed by atoms with Crippen LogP contribution in [0.1, 0.15) is 5.56 Å². The van der Waals surface area contributed by atoms with Gasteiger partial charge in [0.1, 0.15) is 11.6 Å². The minimum Gasteiger partial charge on any atom is -0.325 e. The van der Waals surface area contributed by atoms with Gasteiger partial charge in [0, 0.05) is 16.7 Å². The third kappa shape index (κ3) is 4.91. The van der Waals surface area contributed by atoms with Crippen LogP contribution in [0.5, 0.6) is 0 Å². The van der Waals surface area contributed by atoms with Crippen molar-refractivity contribution in [2.24, 2.45) is 0 Å². The maximum Gasteiger partial charge on any atom is 0.238 e. The fourth-order valence-electron chi connectivity index (χ4n) is 1.73. The number of anilines is 1. The van der Waals surface area contributed by atoms with Crippen LogP contribution in [0.15, 0.2) is 46.9 Å². The van der Waals surface area contributed by atoms with Gasteiger partial charge in [0.25, 0.3) is 0 Å². The molecule has 0 unspecified atom stereocenters. The third-order valence-corrected chi connectivity index (χ3v) is 3.51. The Hall–Kier alpha value is -1.79. The highest BCUT2D eigenvalue weighted by Crippen LogP contribution is 2.17. The smallest absolute Gasteiger partial charge is 0.238 e. The Kier molecular flexibility index (Phi) is 5.41. The molecule has 0 saturated heterocycles. The van der Waals surface area contributed by atoms with E-state index in [1.807, 2.05) is 0 Å². The first-order chi connectivity index (χ1) is 10.0. The Morgan fingerprint density at radius 3 is 2.43 bits per heavy atom. The maximum absolute atomic E-state index is 13.1. The molecule has 0 radical (unpaired) electrons. The highest BCUT2D eigenvalue weighted by atomic mass is 79.9. The summed E-state index contributed by atoms with van der Waals surface area (Å²) in [6.45, 7) is 0.426. The van der Waals surface area contributed by atoms with Crippen molar-refractivity contribution < 1.29 is 13.6 Å². The van der Waals surface area contributed by atoms with E-state index in [-0.39, 0.29) is 24.1 Å². The van der Waals surface area contributed by atoms with E-state index in [0.29, 0.717) is 12.2 Å². The lowest BCUT2D eigenvalue weighted by atomic mass is 10.2. The molecule has 6 heteroatoms. The number of benzene rings is 2. The number of rotatable bonds is 5. The quantitative estimate of drug-likeness (QED) is 0.863. The standard InChI is InChI=1S/C15H13BrF2N2O/c16-14-6-3-12(18)7-10(14)8-19-9-15(21)20-13-4-1-11(17)2-5-13/h1-7,19H,8-9H2,(H,20,21). The van der Waals surface area contributed by atoms with Crippen molar-refractivity contribution in [3.05, 3.63) is 64.1 Å². The molecule has 3 nitrogen and oxygen atoms in total. The van der Waals surface area contributed by atoms with Crippen LogP contribution in [0.3, 0.4) is 0 Å². The van der Waals surface area contributed by atoms with Gasteiger partial charge in [-0.2, -0.15) is 0 Å². The lowest BCUT2D eigenvalue weighted by Gasteiger charge is -2.08. The predicted molar refractivity (Wildman–Crippen MR) is 80.8 cm³/mol. The van der Waals surface area contributed by atoms with Crippen LogP contribution >= 0.6 is 15.9 Å². The molecule has 0 aliphatic carbocycles. The minimum absolute atomic E-state index is 0.0698. The molecular weight excluding hydrogens is 342 g/mol. The fraction of sp³-hybridized carbons (Fsp3) is 0.133. The van der Waals surface area contributed by atoms with E-state index in [1.165, 1.54) is 36.4 Å². The summed E-state index contributed by atoms with van der Waals surface area (Å²) in [5.41, 5.74) is 1.25. The van der Waals surface area contributed by atoms with Crippen LogP contribution in [-0.2, 0) is 11.3 Å². The summed E-state index contributed by atoms with van der Waals surface area (Å²) in [6, 6.07) is 9.88. The molecule has 0 fully saturated rings. The Morgan fingerprint density at radius 1 is 1.05 bits per heavy atom. The summed E-state index contributed by atoms with van der Waals surface area (Å²) in [5.74, 6) is -0.943. The van der Waals surface area contributed by atoms with Gasteiger partial charge in [0.05, 0.1) is 6.54 Å². The van der Waals surface area contributed by atoms with Crippen molar-refractivity contribution in [2.75, 3.05) is 11.9 Å². The van der Waals surface area contributed by atoms with Crippen LogP contribution in [-0.4, -0.2) is 12.5 Å². The number of nitrogens with one attached hydrogen (secondary N) is 2. The Morgan fingerprint density at radius 2 is 1.71 bits per heavy atom. The molecule has 0 aliphatic rings. The summed E-state index contributed by atoms with van der Waals surface area (Å²) < 4.78 is 26.6. The lowest BCUT2D eigenvalue weighted by molar-refractivity contribution is -0.115. The summed E-state index contributed by atoms with van der Waals surface area (Å²) in [5, 5.41) is 5.55. The molecule has 0 bridgehead atoms. The Labute approximate surface area is 129 Å². The first-order valence-corrected chi connectivity index (χ1v) is 7.04. The minimum atomic E-state index is -0.359. The van der Waals surface area contributed by atoms with E-state index in [9.17, 15) is 13.6 Å². The second-order valence-corrected chi connectivity index (χ2v) is 5.25. The second-order valence-electron chi connectivity index (χ2n) is 4.39. The Bertz CT molecular complexity index is 632. The van der Waals surface area contributed by atoms with Gasteiger partial charge < -0.3 is 10.6 Å². The van der Waals surface area contributed by atoms with E-state index in [1.54, 1.807) is 6.07 Å². The molecule has 2 rings (SSSR count). The van der Waals surface area contributed by atoms with Gasteiger partial charge in [0.15, 0.2) is 0 Å². The number of hydrogen-bond donors (Lipinski definition) is 2. The molecule has 0 aliphatic heterocycles. The molecule has 2 N–H and O–H groups in total. The van der Waals surface area contributed by atoms with E-state index >= 15 is 0 Å². The lowest BCUT2D eigenvalue weighted by Crippen LogP contribution is -2.27. The largest absolute Gasteiger partial charge is 0.325 e. The molecule has 0 atom stereocenters. The van der Waals surface area contributed by atoms with Crippen LogP contribution in [0.25, 0.3) is 0 Å². The average molecular weight is 355 g/mol. The van der Waals surface area contributed by atoms with Crippen molar-refractivity contribution in [2.45, 2.75) is 6.54 Å². The zero-order chi connectivity index (χ0) is 15.2. The molecule has 2 aromatic rings. The van der Waals surface area contributed by atoms with Gasteiger partial charge in [0.2, 0.25) is 5.91 Å². The van der Waals surface area contributed by atoms with E-state index < -0.39 is 0 Å². The summed E-state index contributed by atoms with van der Waals surface area (Å²) in [7, 11) is 0. The molecule has 0 spiro atoms. The summed E-state index contributed by atoms with van der Waals surface area (Å²) >= 11 is 3.32. The highest BCUT2D eigenvalue weighted by Gasteiger charge is 2.05. The number of hydrogen-bond acceptors (Lipinski definition) is 2. The van der Waals surface area contributed by atoms with Gasteiger partial charge in [-0.3, -0.25) is 4.79 Å². The highest BCUT2D eigenvalue weighted by molar-refractivity contribution is 9.10.